The summed E-state index contributed by atoms with van der Waals surface area (Å²) in [5.41, 5.74) is -1.90. The van der Waals surface area contributed by atoms with E-state index in [1.54, 1.807) is 6.92 Å². The summed E-state index contributed by atoms with van der Waals surface area (Å²) in [6.07, 6.45) is 3.99. The summed E-state index contributed by atoms with van der Waals surface area (Å²) in [4.78, 5) is 43.7. The fraction of sp³-hybridized carbons (Fsp3) is 0.810. The lowest BCUT2D eigenvalue weighted by molar-refractivity contribution is -0.165. The molecule has 142 valence electrons. The van der Waals surface area contributed by atoms with E-state index in [2.05, 4.69) is 25.9 Å². The van der Waals surface area contributed by atoms with Crippen molar-refractivity contribution in [2.45, 2.75) is 73.6 Å². The smallest absolute Gasteiger partial charge is 0.317 e. The maximum Gasteiger partial charge on any atom is 0.349 e. The molecule has 4 fully saturated rings. The van der Waals surface area contributed by atoms with Crippen LogP contribution in [0, 0.1) is 33.0 Å². The van der Waals surface area contributed by atoms with Crippen LogP contribution in [0.1, 0.15) is 73.6 Å². The monoisotopic (exact) mass is 359 g/mol. The van der Waals surface area contributed by atoms with Crippen molar-refractivity contribution >= 4 is 23.2 Å². The number of fused-ring (bicyclic) bond motifs is 4. The molecule has 0 spiro atoms. The lowest BCUT2D eigenvalue weighted by atomic mass is 9.65. The minimum atomic E-state index is -1.38. The zero-order chi connectivity index (χ0) is 19.3. The Morgan fingerprint density at radius 1 is 0.962 bits per heavy atom. The van der Waals surface area contributed by atoms with Crippen molar-refractivity contribution in [2.24, 2.45) is 38.1 Å². The molecule has 4 saturated carbocycles. The summed E-state index contributed by atoms with van der Waals surface area (Å²) in [5, 5.41) is 4.28. The molecule has 0 N–H and O–H groups in total. The quantitative estimate of drug-likeness (QED) is 0.326. The summed E-state index contributed by atoms with van der Waals surface area (Å²) < 4.78 is 0. The van der Waals surface area contributed by atoms with Crippen molar-refractivity contribution in [2.75, 3.05) is 0 Å². The van der Waals surface area contributed by atoms with Gasteiger partial charge in [0.15, 0.2) is 0 Å². The van der Waals surface area contributed by atoms with Gasteiger partial charge in [-0.2, -0.15) is 0 Å². The fourth-order valence-electron chi connectivity index (χ4n) is 6.46. The first-order chi connectivity index (χ1) is 11.9. The molecule has 4 rings (SSSR count). The van der Waals surface area contributed by atoms with Crippen molar-refractivity contribution in [3.63, 3.8) is 0 Å². The minimum absolute atomic E-state index is 0.0647. The molecule has 0 amide bonds. The van der Waals surface area contributed by atoms with Crippen molar-refractivity contribution < 1.29 is 19.2 Å². The van der Waals surface area contributed by atoms with E-state index < -0.39 is 33.8 Å². The van der Waals surface area contributed by atoms with Gasteiger partial charge in [-0.25, -0.2) is 4.79 Å². The van der Waals surface area contributed by atoms with Gasteiger partial charge in [0.05, 0.1) is 5.71 Å². The van der Waals surface area contributed by atoms with Gasteiger partial charge in [0.1, 0.15) is 5.41 Å². The van der Waals surface area contributed by atoms with Crippen LogP contribution >= 0.6 is 0 Å². The summed E-state index contributed by atoms with van der Waals surface area (Å²) in [6.45, 7) is 12.2. The Hall–Kier alpha value is -1.52. The van der Waals surface area contributed by atoms with Crippen molar-refractivity contribution in [3.05, 3.63) is 0 Å². The Kier molecular flexibility index (Phi) is 3.20. The molecule has 4 unspecified atom stereocenters. The zero-order valence-electron chi connectivity index (χ0n) is 16.7. The molecule has 5 nitrogen and oxygen atoms in total. The SMILES string of the molecule is CC12CCC(CC1=NOC(=O)C13CCC(C)(C(=O)C1=O)C3(C)C)C2(C)C. The van der Waals surface area contributed by atoms with Gasteiger partial charge in [-0.15, -0.1) is 0 Å². The van der Waals surface area contributed by atoms with Crippen LogP contribution in [0.4, 0.5) is 0 Å². The van der Waals surface area contributed by atoms with Crippen molar-refractivity contribution in [3.8, 4) is 0 Å². The summed E-state index contributed by atoms with van der Waals surface area (Å²) >= 11 is 0. The van der Waals surface area contributed by atoms with E-state index in [-0.39, 0.29) is 10.8 Å². The molecule has 0 aromatic carbocycles. The third-order valence-electron chi connectivity index (χ3n) is 9.64. The Morgan fingerprint density at radius 3 is 2.08 bits per heavy atom. The van der Waals surface area contributed by atoms with E-state index in [4.69, 9.17) is 4.84 Å². The molecule has 5 heteroatoms. The molecule has 26 heavy (non-hydrogen) atoms. The molecule has 0 radical (unpaired) electrons. The summed E-state index contributed by atoms with van der Waals surface area (Å²) in [5.74, 6) is -1.09. The third-order valence-corrected chi connectivity index (χ3v) is 9.64. The second-order valence-corrected chi connectivity index (χ2v) is 10.4. The Bertz CT molecular complexity index is 779. The molecule has 0 saturated heterocycles. The zero-order valence-corrected chi connectivity index (χ0v) is 16.7. The van der Waals surface area contributed by atoms with E-state index in [1.807, 2.05) is 13.8 Å². The molecule has 4 aliphatic rings. The van der Waals surface area contributed by atoms with Gasteiger partial charge >= 0.3 is 5.97 Å². The molecular formula is C21H29NO4. The molecule has 4 atom stereocenters. The fourth-order valence-corrected chi connectivity index (χ4v) is 6.46. The molecular weight excluding hydrogens is 330 g/mol. The topological polar surface area (TPSA) is 72.8 Å². The van der Waals surface area contributed by atoms with Crippen LogP contribution in [0.15, 0.2) is 5.16 Å². The molecule has 4 aliphatic carbocycles. The lowest BCUT2D eigenvalue weighted by Gasteiger charge is -2.36. The first-order valence-electron chi connectivity index (χ1n) is 9.74. The maximum atomic E-state index is 13.1. The predicted molar refractivity (Wildman–Crippen MR) is 96.3 cm³/mol. The maximum absolute atomic E-state index is 13.1. The molecule has 0 aromatic heterocycles. The van der Waals surface area contributed by atoms with Crippen LogP contribution < -0.4 is 0 Å². The van der Waals surface area contributed by atoms with Crippen LogP contribution in [0.5, 0.6) is 0 Å². The van der Waals surface area contributed by atoms with Crippen molar-refractivity contribution in [1.29, 1.82) is 0 Å². The van der Waals surface area contributed by atoms with E-state index in [9.17, 15) is 14.4 Å². The number of carbonyl (C=O) groups is 3. The van der Waals surface area contributed by atoms with Crippen LogP contribution in [0.3, 0.4) is 0 Å². The van der Waals surface area contributed by atoms with Gasteiger partial charge in [-0.1, -0.05) is 46.7 Å². The Morgan fingerprint density at radius 2 is 1.62 bits per heavy atom. The first kappa shape index (κ1) is 17.9. The highest BCUT2D eigenvalue weighted by molar-refractivity contribution is 6.48. The number of nitrogens with zero attached hydrogens (tertiary/aromatic N) is 1. The Balaban J connectivity index is 1.65. The number of hydrogen-bond acceptors (Lipinski definition) is 5. The highest BCUT2D eigenvalue weighted by Crippen LogP contribution is 2.69. The predicted octanol–water partition coefficient (Wildman–Crippen LogP) is 3.70. The number of Topliss-reactive ketones (excluding diaryl/α,β-unsaturated/α-hetero) is 2. The van der Waals surface area contributed by atoms with Gasteiger partial charge in [0.2, 0.25) is 11.6 Å². The minimum Gasteiger partial charge on any atom is -0.317 e. The van der Waals surface area contributed by atoms with E-state index >= 15 is 0 Å². The molecule has 4 bridgehead atoms. The average molecular weight is 359 g/mol. The number of carbonyl (C=O) groups excluding carboxylic acids is 3. The highest BCUT2D eigenvalue weighted by Gasteiger charge is 2.79. The van der Waals surface area contributed by atoms with Crippen LogP contribution in [-0.4, -0.2) is 23.2 Å². The van der Waals surface area contributed by atoms with E-state index in [0.717, 1.165) is 18.6 Å². The van der Waals surface area contributed by atoms with Gasteiger partial charge in [-0.05, 0) is 43.4 Å². The third kappa shape index (κ3) is 1.56. The second-order valence-electron chi connectivity index (χ2n) is 10.4. The second kappa shape index (κ2) is 4.66. The van der Waals surface area contributed by atoms with Crippen LogP contribution in [0.25, 0.3) is 0 Å². The van der Waals surface area contributed by atoms with Gasteiger partial charge in [0, 0.05) is 16.2 Å². The summed E-state index contributed by atoms with van der Waals surface area (Å²) in [7, 11) is 0. The van der Waals surface area contributed by atoms with Crippen LogP contribution in [0.2, 0.25) is 0 Å². The standard InChI is InChI=1S/C21H29NO4/c1-17(2)12-7-8-19(17,5)13(11-12)22-26-16(25)21-10-9-20(6,18(21,3)4)14(23)15(21)24/h12H,7-11H2,1-6H3. The molecule has 0 heterocycles. The summed E-state index contributed by atoms with van der Waals surface area (Å²) in [6, 6.07) is 0. The van der Waals surface area contributed by atoms with Gasteiger partial charge < -0.3 is 4.84 Å². The average Bonchev–Trinajstić information content (AvgIpc) is 3.04. The molecule has 0 aliphatic heterocycles. The van der Waals surface area contributed by atoms with E-state index in [1.165, 1.54) is 6.42 Å². The number of rotatable bonds is 2. The number of oxime groups is 1. The first-order valence-corrected chi connectivity index (χ1v) is 9.74. The van der Waals surface area contributed by atoms with Gasteiger partial charge in [0.25, 0.3) is 0 Å². The number of ketones is 2. The van der Waals surface area contributed by atoms with E-state index in [0.29, 0.717) is 18.8 Å². The highest BCUT2D eigenvalue weighted by atomic mass is 16.7. The largest absolute Gasteiger partial charge is 0.349 e. The van der Waals surface area contributed by atoms with Gasteiger partial charge in [-0.3, -0.25) is 9.59 Å². The lowest BCUT2D eigenvalue weighted by Crippen LogP contribution is -2.45. The van der Waals surface area contributed by atoms with Crippen molar-refractivity contribution in [1.82, 2.24) is 0 Å². The number of hydrogen-bond donors (Lipinski definition) is 0. The Labute approximate surface area is 154 Å². The normalized spacial score (nSPS) is 46.4. The van der Waals surface area contributed by atoms with Crippen LogP contribution in [-0.2, 0) is 19.2 Å². The molecule has 0 aromatic rings.